The van der Waals surface area contributed by atoms with Crippen LogP contribution in [0.15, 0.2) is 23.3 Å². The van der Waals surface area contributed by atoms with Crippen LogP contribution in [0.2, 0.25) is 0 Å². The van der Waals surface area contributed by atoms with E-state index in [4.69, 9.17) is 14.5 Å². The Morgan fingerprint density at radius 3 is 2.69 bits per heavy atom. The molecule has 2 heterocycles. The highest BCUT2D eigenvalue weighted by Crippen LogP contribution is 2.13. The minimum absolute atomic E-state index is 0. The van der Waals surface area contributed by atoms with Crippen molar-refractivity contribution in [1.29, 1.82) is 0 Å². The molecule has 0 radical (unpaired) electrons. The molecule has 0 amide bonds. The number of hydrogen-bond acceptors (Lipinski definition) is 5. The molecule has 0 aliphatic carbocycles. The quantitative estimate of drug-likeness (QED) is 0.282. The zero-order valence-electron chi connectivity index (χ0n) is 18.3. The lowest BCUT2D eigenvalue weighted by atomic mass is 10.0. The Balaban J connectivity index is 0.00000420. The van der Waals surface area contributed by atoms with Gasteiger partial charge in [0.2, 0.25) is 5.88 Å². The maximum Gasteiger partial charge on any atom is 0.213 e. The van der Waals surface area contributed by atoms with Gasteiger partial charge in [-0.05, 0) is 37.8 Å². The molecule has 1 saturated heterocycles. The summed E-state index contributed by atoms with van der Waals surface area (Å²) in [5, 5.41) is 6.90. The first-order valence-electron chi connectivity index (χ1n) is 10.5. The van der Waals surface area contributed by atoms with E-state index >= 15 is 0 Å². The van der Waals surface area contributed by atoms with Gasteiger partial charge in [0.15, 0.2) is 5.96 Å². The van der Waals surface area contributed by atoms with Crippen molar-refractivity contribution in [3.05, 3.63) is 23.9 Å². The first kappa shape index (κ1) is 25.9. The Labute approximate surface area is 193 Å². The highest BCUT2D eigenvalue weighted by molar-refractivity contribution is 14.0. The number of nitrogens with zero attached hydrogens (tertiary/aromatic N) is 3. The van der Waals surface area contributed by atoms with Gasteiger partial charge in [-0.1, -0.05) is 13.8 Å². The summed E-state index contributed by atoms with van der Waals surface area (Å²) in [4.78, 5) is 11.5. The number of halogens is 1. The topological polar surface area (TPSA) is 71.0 Å². The monoisotopic (exact) mass is 519 g/mol. The van der Waals surface area contributed by atoms with E-state index in [9.17, 15) is 0 Å². The predicted molar refractivity (Wildman–Crippen MR) is 129 cm³/mol. The van der Waals surface area contributed by atoms with Crippen LogP contribution in [0, 0.1) is 5.92 Å². The first-order valence-corrected chi connectivity index (χ1v) is 10.5. The van der Waals surface area contributed by atoms with E-state index in [1.165, 1.54) is 0 Å². The number of morpholine rings is 1. The number of nitrogens with one attached hydrogen (secondary N) is 2. The molecule has 2 rings (SSSR count). The van der Waals surface area contributed by atoms with Crippen molar-refractivity contribution < 1.29 is 9.47 Å². The van der Waals surface area contributed by atoms with Gasteiger partial charge >= 0.3 is 0 Å². The number of hydrogen-bond donors (Lipinski definition) is 2. The van der Waals surface area contributed by atoms with Crippen molar-refractivity contribution in [2.75, 3.05) is 46.0 Å². The third-order valence-electron chi connectivity index (χ3n) is 4.67. The van der Waals surface area contributed by atoms with Crippen molar-refractivity contribution in [2.24, 2.45) is 10.9 Å². The molecule has 8 heteroatoms. The van der Waals surface area contributed by atoms with Crippen molar-refractivity contribution >= 4 is 29.9 Å². The van der Waals surface area contributed by atoms with E-state index in [0.717, 1.165) is 57.3 Å². The van der Waals surface area contributed by atoms with Crippen molar-refractivity contribution in [1.82, 2.24) is 20.5 Å². The van der Waals surface area contributed by atoms with Gasteiger partial charge in [-0.2, -0.15) is 0 Å². The molecule has 0 spiro atoms. The molecule has 0 bridgehead atoms. The Morgan fingerprint density at radius 1 is 1.28 bits per heavy atom. The number of aromatic nitrogens is 1. The number of ether oxygens (including phenoxy) is 2. The largest absolute Gasteiger partial charge is 0.478 e. The van der Waals surface area contributed by atoms with Crippen LogP contribution in [0.1, 0.15) is 39.7 Å². The Hall–Kier alpha value is -1.13. The molecule has 1 aliphatic heterocycles. The second-order valence-electron chi connectivity index (χ2n) is 7.44. The first-order chi connectivity index (χ1) is 13.6. The van der Waals surface area contributed by atoms with Crippen molar-refractivity contribution in [3.8, 4) is 5.88 Å². The van der Waals surface area contributed by atoms with Crippen LogP contribution in [0.4, 0.5) is 0 Å². The molecule has 1 aromatic rings. The van der Waals surface area contributed by atoms with Gasteiger partial charge < -0.3 is 20.1 Å². The summed E-state index contributed by atoms with van der Waals surface area (Å²) in [5.41, 5.74) is 1.09. The fourth-order valence-electron chi connectivity index (χ4n) is 3.35. The minimum atomic E-state index is 0. The molecule has 166 valence electrons. The third-order valence-corrected chi connectivity index (χ3v) is 4.67. The Bertz CT molecular complexity index is 594. The highest BCUT2D eigenvalue weighted by Gasteiger charge is 2.22. The van der Waals surface area contributed by atoms with Crippen LogP contribution in [-0.4, -0.2) is 67.9 Å². The Kier molecular flexibility index (Phi) is 13.2. The molecule has 0 saturated carbocycles. The van der Waals surface area contributed by atoms with E-state index < -0.39 is 0 Å². The van der Waals surface area contributed by atoms with E-state index in [-0.39, 0.29) is 24.0 Å². The average molecular weight is 519 g/mol. The zero-order chi connectivity index (χ0) is 20.2. The second kappa shape index (κ2) is 14.8. The second-order valence-corrected chi connectivity index (χ2v) is 7.44. The summed E-state index contributed by atoms with van der Waals surface area (Å²) >= 11 is 0. The molecule has 1 aliphatic rings. The van der Waals surface area contributed by atoms with Crippen LogP contribution in [0.3, 0.4) is 0 Å². The van der Waals surface area contributed by atoms with Crippen molar-refractivity contribution in [3.63, 3.8) is 0 Å². The molecule has 0 aromatic carbocycles. The molecule has 29 heavy (non-hydrogen) atoms. The van der Waals surface area contributed by atoms with E-state index in [1.54, 1.807) is 6.20 Å². The average Bonchev–Trinajstić information content (AvgIpc) is 2.70. The summed E-state index contributed by atoms with van der Waals surface area (Å²) in [6, 6.07) is 4.41. The SMILES string of the molecule is CCNC(=NCc1ccnc(OCC)c1)NCC(CC(C)C)N1CCOCC1.I. The van der Waals surface area contributed by atoms with Gasteiger partial charge in [-0.3, -0.25) is 4.90 Å². The van der Waals surface area contributed by atoms with Gasteiger partial charge in [0.05, 0.1) is 26.4 Å². The molecular formula is C21H38IN5O2. The molecule has 7 nitrogen and oxygen atoms in total. The summed E-state index contributed by atoms with van der Waals surface area (Å²) in [7, 11) is 0. The van der Waals surface area contributed by atoms with Crippen molar-refractivity contribution in [2.45, 2.75) is 46.7 Å². The maximum absolute atomic E-state index is 5.52. The number of rotatable bonds is 10. The fraction of sp³-hybridized carbons (Fsp3) is 0.714. The number of guanidine groups is 1. The standard InChI is InChI=1S/C21H37N5O2.HI/c1-5-22-21(24-15-18-7-8-23-20(14-18)28-6-2)25-16-19(13-17(3)4)26-9-11-27-12-10-26;/h7-8,14,17,19H,5-6,9-13,15-16H2,1-4H3,(H2,22,24,25);1H. The lowest BCUT2D eigenvalue weighted by molar-refractivity contribution is 0.0132. The lowest BCUT2D eigenvalue weighted by Crippen LogP contribution is -2.51. The summed E-state index contributed by atoms with van der Waals surface area (Å²) in [6.45, 7) is 15.2. The lowest BCUT2D eigenvalue weighted by Gasteiger charge is -2.35. The summed E-state index contributed by atoms with van der Waals surface area (Å²) < 4.78 is 11.0. The van der Waals surface area contributed by atoms with Crippen LogP contribution in [0.25, 0.3) is 0 Å². The molecule has 2 N–H and O–H groups in total. The van der Waals surface area contributed by atoms with Gasteiger partial charge in [-0.25, -0.2) is 9.98 Å². The summed E-state index contributed by atoms with van der Waals surface area (Å²) in [5.74, 6) is 2.15. The van der Waals surface area contributed by atoms with Crippen LogP contribution < -0.4 is 15.4 Å². The fourth-order valence-corrected chi connectivity index (χ4v) is 3.35. The van der Waals surface area contributed by atoms with E-state index in [1.807, 2.05) is 19.1 Å². The minimum Gasteiger partial charge on any atom is -0.478 e. The summed E-state index contributed by atoms with van der Waals surface area (Å²) in [6.07, 6.45) is 2.93. The van der Waals surface area contributed by atoms with Gasteiger partial charge in [0.25, 0.3) is 0 Å². The van der Waals surface area contributed by atoms with Gasteiger partial charge in [0.1, 0.15) is 0 Å². The predicted octanol–water partition coefficient (Wildman–Crippen LogP) is 2.90. The van der Waals surface area contributed by atoms with Gasteiger partial charge in [-0.15, -0.1) is 24.0 Å². The zero-order valence-corrected chi connectivity index (χ0v) is 20.6. The highest BCUT2D eigenvalue weighted by atomic mass is 127. The maximum atomic E-state index is 5.52. The van der Waals surface area contributed by atoms with Crippen LogP contribution >= 0.6 is 24.0 Å². The van der Waals surface area contributed by atoms with Gasteiger partial charge in [0, 0.05) is 44.5 Å². The Morgan fingerprint density at radius 2 is 2.03 bits per heavy atom. The number of aliphatic imine (C=N–C) groups is 1. The third kappa shape index (κ3) is 9.95. The molecule has 1 atom stereocenters. The smallest absolute Gasteiger partial charge is 0.213 e. The van der Waals surface area contributed by atoms with Crippen LogP contribution in [0.5, 0.6) is 5.88 Å². The van der Waals surface area contributed by atoms with Crippen LogP contribution in [-0.2, 0) is 11.3 Å². The molecular weight excluding hydrogens is 481 g/mol. The normalized spacial score (nSPS) is 16.2. The van der Waals surface area contributed by atoms with E-state index in [2.05, 4.69) is 41.3 Å². The molecule has 1 unspecified atom stereocenters. The molecule has 1 aromatic heterocycles. The number of pyridine rings is 1. The van der Waals surface area contributed by atoms with E-state index in [0.29, 0.717) is 31.0 Å². The molecule has 1 fully saturated rings.